The van der Waals surface area contributed by atoms with E-state index in [0.717, 1.165) is 71.2 Å². The fourth-order valence-electron chi connectivity index (χ4n) is 7.53. The van der Waals surface area contributed by atoms with Gasteiger partial charge in [-0.2, -0.15) is 0 Å². The van der Waals surface area contributed by atoms with E-state index in [4.69, 9.17) is 9.60 Å². The van der Waals surface area contributed by atoms with Crippen molar-refractivity contribution in [3.05, 3.63) is 169 Å². The van der Waals surface area contributed by atoms with Crippen molar-refractivity contribution in [1.29, 1.82) is 0 Å². The first-order valence-electron chi connectivity index (χ1n) is 20.5. The van der Waals surface area contributed by atoms with Crippen LogP contribution in [0, 0.1) is 13.8 Å². The highest BCUT2D eigenvalue weighted by atomic mass is 15.0. The van der Waals surface area contributed by atoms with Gasteiger partial charge in [-0.15, -0.1) is 0 Å². The number of rotatable bonds is 3. The topological polar surface area (TPSA) is 9.86 Å². The molecule has 0 aliphatic carbocycles. The molecule has 2 aromatic heterocycles. The maximum atomic E-state index is 9.51. The molecule has 10 rings (SSSR count). The third-order valence-corrected chi connectivity index (χ3v) is 9.47. The number of fused-ring (bicyclic) bond motifs is 9. The lowest BCUT2D eigenvalue weighted by Gasteiger charge is -2.12. The van der Waals surface area contributed by atoms with E-state index in [2.05, 4.69) is 91.2 Å². The van der Waals surface area contributed by atoms with Crippen molar-refractivity contribution in [3.63, 3.8) is 0 Å². The van der Waals surface area contributed by atoms with Crippen molar-refractivity contribution in [2.24, 2.45) is 0 Å². The lowest BCUT2D eigenvalue weighted by atomic mass is 9.98. The van der Waals surface area contributed by atoms with Crippen molar-refractivity contribution in [2.75, 3.05) is 0 Å². The average Bonchev–Trinajstić information content (AvgIpc) is 3.70. The van der Waals surface area contributed by atoms with Crippen LogP contribution in [0.1, 0.15) is 23.5 Å². The largest absolute Gasteiger partial charge is 0.309 e. The molecule has 0 aliphatic rings. The Morgan fingerprint density at radius 3 is 2.08 bits per heavy atom. The molecule has 0 unspecified atom stereocenters. The number of nitrogens with zero attached hydrogens (tertiary/aromatic N) is 2. The summed E-state index contributed by atoms with van der Waals surface area (Å²) in [6.07, 6.45) is 0. The molecule has 0 fully saturated rings. The van der Waals surface area contributed by atoms with Gasteiger partial charge in [0.05, 0.1) is 34.4 Å². The maximum absolute atomic E-state index is 9.51. The number of benzene rings is 8. The van der Waals surface area contributed by atoms with Gasteiger partial charge >= 0.3 is 0 Å². The van der Waals surface area contributed by atoms with Crippen LogP contribution < -0.4 is 0 Å². The molecular weight excluding hydrogens is 581 g/mol. The third-order valence-electron chi connectivity index (χ3n) is 9.47. The number of aryl methyl sites for hydroxylation is 2. The molecule has 0 atom stereocenters. The molecule has 2 heterocycles. The van der Waals surface area contributed by atoms with E-state index in [-0.39, 0.29) is 34.0 Å². The number of hydrogen-bond donors (Lipinski definition) is 0. The Hall–Kier alpha value is -6.12. The number of para-hydroxylation sites is 1. The highest BCUT2D eigenvalue weighted by Crippen LogP contribution is 2.42. The average molecular weight is 622 g/mol. The highest BCUT2D eigenvalue weighted by molar-refractivity contribution is 6.25. The molecule has 0 bridgehead atoms. The van der Waals surface area contributed by atoms with Crippen molar-refractivity contribution in [1.82, 2.24) is 9.13 Å². The molecule has 10 aromatic rings. The molecule has 0 aliphatic heterocycles. The quantitative estimate of drug-likeness (QED) is 0.186. The zero-order valence-electron chi connectivity index (χ0n) is 35.2. The van der Waals surface area contributed by atoms with Gasteiger partial charge in [0.25, 0.3) is 0 Å². The fourth-order valence-corrected chi connectivity index (χ4v) is 7.53. The van der Waals surface area contributed by atoms with Crippen LogP contribution in [0.15, 0.2) is 158 Å². The van der Waals surface area contributed by atoms with Gasteiger partial charge in [-0.1, -0.05) is 109 Å². The summed E-state index contributed by atoms with van der Waals surface area (Å²) in [5, 5.41) is 6.16. The van der Waals surface area contributed by atoms with Crippen LogP contribution in [0.25, 0.3) is 87.7 Å². The van der Waals surface area contributed by atoms with Crippen molar-refractivity contribution in [3.8, 4) is 22.5 Å². The Morgan fingerprint density at radius 2 is 1.19 bits per heavy atom. The standard InChI is InChI=1S/C46H32N2/c1-29-24-30(2)26-35(25-29)48-43-23-20-32-11-4-6-14-38(32)46(43)41-27-40-39-15-7-8-17-42(39)47(44(40)28-45(41)48)34-21-18-33(19-22-34)37-16-9-12-31-10-3-5-13-36(31)37/h3-28H,1-2H3/i3D,5D,9D,10D,12D,13D,16D,18D,21D. The molecule has 0 saturated carbocycles. The number of hydrogen-bond acceptors (Lipinski definition) is 0. The second-order valence-electron chi connectivity index (χ2n) is 12.5. The van der Waals surface area contributed by atoms with E-state index in [1.54, 1.807) is 12.1 Å². The van der Waals surface area contributed by atoms with Crippen LogP contribution in [-0.4, -0.2) is 9.13 Å². The van der Waals surface area contributed by atoms with Crippen LogP contribution in [-0.2, 0) is 0 Å². The molecule has 0 amide bonds. The zero-order chi connectivity index (χ0) is 39.8. The van der Waals surface area contributed by atoms with Crippen LogP contribution in [0.4, 0.5) is 0 Å². The van der Waals surface area contributed by atoms with Gasteiger partial charge in [0.15, 0.2) is 0 Å². The second kappa shape index (κ2) is 10.2. The van der Waals surface area contributed by atoms with Crippen LogP contribution in [0.3, 0.4) is 0 Å². The summed E-state index contributed by atoms with van der Waals surface area (Å²) in [5.41, 5.74) is 7.45. The van der Waals surface area contributed by atoms with E-state index < -0.39 is 42.3 Å². The Kier molecular flexibility index (Phi) is 4.14. The Balaban J connectivity index is 1.31. The highest BCUT2D eigenvalue weighted by Gasteiger charge is 2.20. The number of aromatic nitrogens is 2. The lowest BCUT2D eigenvalue weighted by Crippen LogP contribution is -1.97. The van der Waals surface area contributed by atoms with Gasteiger partial charge in [0.2, 0.25) is 0 Å². The zero-order valence-corrected chi connectivity index (χ0v) is 26.2. The monoisotopic (exact) mass is 621 g/mol. The molecule has 0 N–H and O–H groups in total. The predicted molar refractivity (Wildman–Crippen MR) is 205 cm³/mol. The molecule has 0 radical (unpaired) electrons. The van der Waals surface area contributed by atoms with Gasteiger partial charge in [0.1, 0.15) is 0 Å². The van der Waals surface area contributed by atoms with Gasteiger partial charge in [-0.3, -0.25) is 0 Å². The molecule has 8 aromatic carbocycles. The molecule has 0 saturated heterocycles. The third kappa shape index (κ3) is 3.93. The normalized spacial score (nSPS) is 14.6. The van der Waals surface area contributed by atoms with Gasteiger partial charge in [0, 0.05) is 32.9 Å². The molecule has 48 heavy (non-hydrogen) atoms. The summed E-state index contributed by atoms with van der Waals surface area (Å²) in [7, 11) is 0. The first-order chi connectivity index (χ1) is 27.4. The minimum absolute atomic E-state index is 0.0715. The Labute approximate surface area is 291 Å². The summed E-state index contributed by atoms with van der Waals surface area (Å²) >= 11 is 0. The molecule has 2 heteroatoms. The van der Waals surface area contributed by atoms with Crippen molar-refractivity contribution >= 4 is 65.2 Å². The van der Waals surface area contributed by atoms with E-state index >= 15 is 0 Å². The summed E-state index contributed by atoms with van der Waals surface area (Å²) in [6, 6.07) is 31.1. The van der Waals surface area contributed by atoms with Gasteiger partial charge in [-0.25, -0.2) is 0 Å². The first kappa shape index (κ1) is 19.5. The minimum atomic E-state index is -0.545. The van der Waals surface area contributed by atoms with Crippen LogP contribution in [0.2, 0.25) is 0 Å². The van der Waals surface area contributed by atoms with Crippen LogP contribution in [0.5, 0.6) is 0 Å². The Morgan fingerprint density at radius 1 is 0.438 bits per heavy atom. The molecule has 0 spiro atoms. The van der Waals surface area contributed by atoms with E-state index in [0.29, 0.717) is 5.69 Å². The Bertz CT molecular complexity index is 3400. The summed E-state index contributed by atoms with van der Waals surface area (Å²) < 4.78 is 83.1. The summed E-state index contributed by atoms with van der Waals surface area (Å²) in [5.74, 6) is 0. The molecular formula is C46H32N2. The van der Waals surface area contributed by atoms with Crippen molar-refractivity contribution in [2.45, 2.75) is 13.8 Å². The fraction of sp³-hybridized carbons (Fsp3) is 0.0435. The first-order valence-corrected chi connectivity index (χ1v) is 16.0. The minimum Gasteiger partial charge on any atom is -0.309 e. The van der Waals surface area contributed by atoms with Gasteiger partial charge in [-0.05, 0) is 106 Å². The van der Waals surface area contributed by atoms with Crippen molar-refractivity contribution < 1.29 is 12.3 Å². The van der Waals surface area contributed by atoms with E-state index in [1.807, 2.05) is 22.8 Å². The SMILES string of the molecule is [2H]c1c(-c2c([2H])c([2H])c([2H])c3c([2H])c([2H])c([2H])c([2H])c23)ccc(-n2c3ccccc3c3cc4c5c6ccccc6ccc5n(-c5cc(C)cc(C)c5)c4cc32)c1[2H]. The van der Waals surface area contributed by atoms with E-state index in [9.17, 15) is 2.74 Å². The molecule has 226 valence electrons. The predicted octanol–water partition coefficient (Wildman–Crippen LogP) is 12.5. The smallest absolute Gasteiger partial charge is 0.0645 e. The van der Waals surface area contributed by atoms with Crippen LogP contribution >= 0.6 is 0 Å². The van der Waals surface area contributed by atoms with Gasteiger partial charge < -0.3 is 9.13 Å². The summed E-state index contributed by atoms with van der Waals surface area (Å²) in [4.78, 5) is 0. The maximum Gasteiger partial charge on any atom is 0.0645 e. The molecule has 2 nitrogen and oxygen atoms in total. The summed E-state index contributed by atoms with van der Waals surface area (Å²) in [6.45, 7) is 4.20. The lowest BCUT2D eigenvalue weighted by molar-refractivity contribution is 1.15. The second-order valence-corrected chi connectivity index (χ2v) is 12.5. The van der Waals surface area contributed by atoms with E-state index in [1.165, 1.54) is 0 Å².